The van der Waals surface area contributed by atoms with E-state index >= 15 is 0 Å². The smallest absolute Gasteiger partial charge is 0.253 e. The predicted octanol–water partition coefficient (Wildman–Crippen LogP) is 3.59. The van der Waals surface area contributed by atoms with E-state index in [0.717, 1.165) is 10.1 Å². The second-order valence-electron chi connectivity index (χ2n) is 7.93. The maximum atomic E-state index is 13.2. The van der Waals surface area contributed by atoms with Gasteiger partial charge in [-0.05, 0) is 35.7 Å². The average molecular weight is 515 g/mol. The number of thiophene rings is 1. The van der Waals surface area contributed by atoms with Gasteiger partial charge in [0.25, 0.3) is 15.9 Å². The number of terminal acetylenes is 1. The minimum absolute atomic E-state index is 0.163. The van der Waals surface area contributed by atoms with Gasteiger partial charge >= 0.3 is 0 Å². The van der Waals surface area contributed by atoms with Crippen molar-refractivity contribution in [2.45, 2.75) is 4.21 Å². The molecule has 4 rings (SSSR count). The number of fused-ring (bicyclic) bond motifs is 1. The van der Waals surface area contributed by atoms with Crippen molar-refractivity contribution in [2.24, 2.45) is 0 Å². The van der Waals surface area contributed by atoms with Crippen LogP contribution in [0.15, 0.2) is 52.7 Å². The van der Waals surface area contributed by atoms with Crippen molar-refractivity contribution in [3.63, 3.8) is 0 Å². The molecular weight excluding hydrogens is 492 g/mol. The Morgan fingerprint density at radius 1 is 1.12 bits per heavy atom. The first-order valence-corrected chi connectivity index (χ1v) is 13.2. The van der Waals surface area contributed by atoms with E-state index in [2.05, 4.69) is 5.92 Å². The van der Waals surface area contributed by atoms with Gasteiger partial charge in [-0.25, -0.2) is 8.42 Å². The summed E-state index contributed by atoms with van der Waals surface area (Å²) in [6.45, 7) is 1.38. The lowest BCUT2D eigenvalue weighted by molar-refractivity contribution is 0.0698. The lowest BCUT2D eigenvalue weighted by Gasteiger charge is -2.33. The zero-order valence-corrected chi connectivity index (χ0v) is 20.9. The number of hydrogen-bond donors (Lipinski definition) is 1. The molecule has 0 saturated carbocycles. The van der Waals surface area contributed by atoms with E-state index in [1.807, 2.05) is 6.07 Å². The fraction of sp³-hybridized carbons (Fsp3) is 0.250. The van der Waals surface area contributed by atoms with Crippen LogP contribution in [0.25, 0.3) is 10.1 Å². The van der Waals surface area contributed by atoms with E-state index in [4.69, 9.17) is 23.4 Å². The third-order valence-electron chi connectivity index (χ3n) is 5.69. The average Bonchev–Trinajstić information content (AvgIpc) is 3.27. The molecule has 0 bridgehead atoms. The number of piperazine rings is 1. The quantitative estimate of drug-likeness (QED) is 0.320. The van der Waals surface area contributed by atoms with Crippen molar-refractivity contribution in [3.8, 4) is 12.3 Å². The Morgan fingerprint density at radius 3 is 2.41 bits per heavy atom. The van der Waals surface area contributed by atoms with Crippen LogP contribution in [0.5, 0.6) is 0 Å². The lowest BCUT2D eigenvalue weighted by Crippen LogP contribution is -2.50. The number of hydrogen-bond acceptors (Lipinski definition) is 5. The molecule has 7 nitrogen and oxygen atoms in total. The summed E-state index contributed by atoms with van der Waals surface area (Å²) < 4.78 is 28.8. The summed E-state index contributed by atoms with van der Waals surface area (Å²) in [6, 6.07) is 13.8. The number of amidine groups is 1. The Kier molecular flexibility index (Phi) is 6.96. The van der Waals surface area contributed by atoms with Crippen molar-refractivity contribution < 1.29 is 13.2 Å². The summed E-state index contributed by atoms with van der Waals surface area (Å²) in [5, 5.41) is 9.58. The predicted molar refractivity (Wildman–Crippen MR) is 136 cm³/mol. The van der Waals surface area contributed by atoms with E-state index in [1.54, 1.807) is 59.3 Å². The molecular formula is C24H23ClN4O3S2. The van der Waals surface area contributed by atoms with Gasteiger partial charge in [0.05, 0.1) is 6.54 Å². The lowest BCUT2D eigenvalue weighted by atomic mass is 10.1. The molecule has 1 N–H and O–H groups in total. The molecule has 2 heterocycles. The highest BCUT2D eigenvalue weighted by molar-refractivity contribution is 7.91. The van der Waals surface area contributed by atoms with Crippen molar-refractivity contribution in [2.75, 3.05) is 39.8 Å². The van der Waals surface area contributed by atoms with Crippen LogP contribution in [-0.4, -0.2) is 74.0 Å². The number of carbonyl (C=O) groups is 1. The van der Waals surface area contributed by atoms with Crippen LogP contribution in [0.1, 0.15) is 15.9 Å². The van der Waals surface area contributed by atoms with Crippen LogP contribution in [0.2, 0.25) is 5.02 Å². The highest BCUT2D eigenvalue weighted by Gasteiger charge is 2.31. The number of nitrogens with zero attached hydrogens (tertiary/aromatic N) is 3. The molecule has 176 valence electrons. The molecule has 10 heteroatoms. The normalized spacial score (nSPS) is 14.7. The van der Waals surface area contributed by atoms with E-state index in [-0.39, 0.29) is 29.0 Å². The Morgan fingerprint density at radius 2 is 1.76 bits per heavy atom. The number of rotatable bonds is 5. The molecule has 0 spiro atoms. The Labute approximate surface area is 208 Å². The molecule has 0 aliphatic carbocycles. The Balaban J connectivity index is 1.41. The van der Waals surface area contributed by atoms with Crippen molar-refractivity contribution in [1.82, 2.24) is 14.1 Å². The van der Waals surface area contributed by atoms with Crippen LogP contribution in [0.3, 0.4) is 0 Å². The van der Waals surface area contributed by atoms with Gasteiger partial charge < -0.3 is 9.80 Å². The molecule has 1 fully saturated rings. The third-order valence-corrected chi connectivity index (χ3v) is 9.38. The second-order valence-corrected chi connectivity index (χ2v) is 11.6. The number of benzene rings is 2. The molecule has 2 aromatic carbocycles. The second kappa shape index (κ2) is 9.76. The topological polar surface area (TPSA) is 84.8 Å². The monoisotopic (exact) mass is 514 g/mol. The molecule has 0 radical (unpaired) electrons. The summed E-state index contributed by atoms with van der Waals surface area (Å²) >= 11 is 7.23. The van der Waals surface area contributed by atoms with Gasteiger partial charge in [-0.1, -0.05) is 35.7 Å². The SMILES string of the molecule is C#CCN(C)C(=N)c1ccc(C(=O)N2CCN(S(=O)(=O)c3cc4ccc(Cl)cc4s3)CC2)cc1. The molecule has 1 aromatic heterocycles. The molecule has 34 heavy (non-hydrogen) atoms. The number of nitrogens with one attached hydrogen (secondary N) is 1. The first-order valence-electron chi connectivity index (χ1n) is 10.5. The zero-order valence-electron chi connectivity index (χ0n) is 18.5. The van der Waals surface area contributed by atoms with Crippen molar-refractivity contribution in [1.29, 1.82) is 5.41 Å². The minimum atomic E-state index is -3.65. The zero-order chi connectivity index (χ0) is 24.5. The standard InChI is InChI=1S/C24H23ClN4O3S2/c1-3-10-27(2)23(26)17-4-6-18(7-5-17)24(30)28-11-13-29(14-12-28)34(31,32)22-15-19-8-9-20(25)16-21(19)33-22/h1,4-9,15-16,26H,10-14H2,2H3. The van der Waals surface area contributed by atoms with E-state index in [1.165, 1.54) is 15.6 Å². The van der Waals surface area contributed by atoms with E-state index < -0.39 is 10.0 Å². The van der Waals surface area contributed by atoms with Crippen LogP contribution in [0, 0.1) is 17.8 Å². The minimum Gasteiger partial charge on any atom is -0.349 e. The molecule has 0 unspecified atom stereocenters. The van der Waals surface area contributed by atoms with Gasteiger partial charge in [0, 0.05) is 54.1 Å². The van der Waals surface area contributed by atoms with Gasteiger partial charge in [0.2, 0.25) is 0 Å². The first kappa shape index (κ1) is 24.2. The van der Waals surface area contributed by atoms with Crippen LogP contribution < -0.4 is 0 Å². The summed E-state index contributed by atoms with van der Waals surface area (Å²) in [7, 11) is -1.91. The van der Waals surface area contributed by atoms with Gasteiger partial charge in [0.1, 0.15) is 10.0 Å². The number of halogens is 1. The molecule has 1 amide bonds. The summed E-state index contributed by atoms with van der Waals surface area (Å²) in [5.41, 5.74) is 1.16. The highest BCUT2D eigenvalue weighted by atomic mass is 35.5. The summed E-state index contributed by atoms with van der Waals surface area (Å²) in [6.07, 6.45) is 5.30. The Hall–Kier alpha value is -2.90. The fourth-order valence-corrected chi connectivity index (χ4v) is 7.01. The van der Waals surface area contributed by atoms with Gasteiger partial charge in [-0.15, -0.1) is 17.8 Å². The Bertz CT molecular complexity index is 1390. The number of amides is 1. The highest BCUT2D eigenvalue weighted by Crippen LogP contribution is 2.33. The van der Waals surface area contributed by atoms with E-state index in [9.17, 15) is 13.2 Å². The van der Waals surface area contributed by atoms with Crippen molar-refractivity contribution >= 4 is 54.8 Å². The fourth-order valence-electron chi connectivity index (χ4n) is 3.76. The van der Waals surface area contributed by atoms with Crippen LogP contribution in [0.4, 0.5) is 0 Å². The first-order chi connectivity index (χ1) is 16.2. The van der Waals surface area contributed by atoms with Crippen molar-refractivity contribution in [3.05, 3.63) is 64.7 Å². The molecule has 3 aromatic rings. The maximum Gasteiger partial charge on any atom is 0.253 e. The third kappa shape index (κ3) is 4.81. The van der Waals surface area contributed by atoms with Gasteiger partial charge in [-0.3, -0.25) is 10.2 Å². The molecule has 1 aliphatic rings. The maximum absolute atomic E-state index is 13.2. The molecule has 1 saturated heterocycles. The molecule has 0 atom stereocenters. The summed E-state index contributed by atoms with van der Waals surface area (Å²) in [4.78, 5) is 16.2. The van der Waals surface area contributed by atoms with E-state index in [0.29, 0.717) is 35.8 Å². The van der Waals surface area contributed by atoms with Crippen LogP contribution in [-0.2, 0) is 10.0 Å². The summed E-state index contributed by atoms with van der Waals surface area (Å²) in [5.74, 6) is 2.61. The number of sulfonamides is 1. The van der Waals surface area contributed by atoms with Gasteiger partial charge in [0.15, 0.2) is 0 Å². The van der Waals surface area contributed by atoms with Crippen LogP contribution >= 0.6 is 22.9 Å². The number of carbonyl (C=O) groups excluding carboxylic acids is 1. The van der Waals surface area contributed by atoms with Gasteiger partial charge in [-0.2, -0.15) is 4.31 Å². The molecule has 1 aliphatic heterocycles. The largest absolute Gasteiger partial charge is 0.349 e.